The van der Waals surface area contributed by atoms with E-state index >= 15 is 0 Å². The molecule has 1 atom stereocenters. The molecule has 1 aliphatic heterocycles. The minimum absolute atomic E-state index is 0.0298. The lowest BCUT2D eigenvalue weighted by Gasteiger charge is -2.23. The number of carbonyl (C=O) groups is 3. The fourth-order valence-corrected chi connectivity index (χ4v) is 4.18. The molecule has 4 rings (SSSR count). The molecule has 1 fully saturated rings. The molecule has 0 saturated carbocycles. The summed E-state index contributed by atoms with van der Waals surface area (Å²) in [6, 6.07) is 11.7. The number of benzene rings is 2. The zero-order valence-corrected chi connectivity index (χ0v) is 18.9. The highest BCUT2D eigenvalue weighted by Gasteiger charge is 2.27. The predicted molar refractivity (Wildman–Crippen MR) is 122 cm³/mol. The number of carbonyl (C=O) groups excluding carboxylic acids is 3. The van der Waals surface area contributed by atoms with Crippen molar-refractivity contribution in [3.05, 3.63) is 60.2 Å². The second-order valence-electron chi connectivity index (χ2n) is 7.41. The third kappa shape index (κ3) is 5.70. The summed E-state index contributed by atoms with van der Waals surface area (Å²) in [6.07, 6.45) is 0.366. The van der Waals surface area contributed by atoms with Crippen molar-refractivity contribution in [1.82, 2.24) is 25.4 Å². The first kappa shape index (κ1) is 23.2. The van der Waals surface area contributed by atoms with Gasteiger partial charge in [-0.25, -0.2) is 9.18 Å². The molecule has 1 aliphatic rings. The lowest BCUT2D eigenvalue weighted by atomic mass is 10.1. The molecular formula is C22H21FN6O4S. The van der Waals surface area contributed by atoms with Gasteiger partial charge < -0.3 is 15.4 Å². The van der Waals surface area contributed by atoms with E-state index in [1.807, 2.05) is 12.1 Å². The van der Waals surface area contributed by atoms with Gasteiger partial charge in [0.25, 0.3) is 0 Å². The highest BCUT2D eigenvalue weighted by molar-refractivity contribution is 7.99. The molecule has 0 bridgehead atoms. The van der Waals surface area contributed by atoms with Crippen LogP contribution in [0.4, 0.5) is 14.9 Å². The molecule has 0 spiro atoms. The molecule has 0 radical (unpaired) electrons. The van der Waals surface area contributed by atoms with E-state index in [-0.39, 0.29) is 30.4 Å². The van der Waals surface area contributed by atoms with Crippen LogP contribution in [0.3, 0.4) is 0 Å². The monoisotopic (exact) mass is 484 g/mol. The van der Waals surface area contributed by atoms with E-state index in [1.54, 1.807) is 23.8 Å². The molecule has 3 aromatic rings. The van der Waals surface area contributed by atoms with E-state index in [2.05, 4.69) is 26.1 Å². The van der Waals surface area contributed by atoms with Gasteiger partial charge in [0.15, 0.2) is 5.16 Å². The van der Waals surface area contributed by atoms with Crippen LogP contribution < -0.4 is 20.7 Å². The van der Waals surface area contributed by atoms with Gasteiger partial charge in [0.05, 0.1) is 18.6 Å². The van der Waals surface area contributed by atoms with Crippen molar-refractivity contribution in [2.75, 3.05) is 18.2 Å². The van der Waals surface area contributed by atoms with Gasteiger partial charge in [0, 0.05) is 30.6 Å². The van der Waals surface area contributed by atoms with Crippen LogP contribution in [0.5, 0.6) is 5.75 Å². The predicted octanol–water partition coefficient (Wildman–Crippen LogP) is 2.29. The van der Waals surface area contributed by atoms with Crippen LogP contribution in [0.15, 0.2) is 53.7 Å². The maximum absolute atomic E-state index is 13.1. The van der Waals surface area contributed by atoms with E-state index in [1.165, 1.54) is 36.0 Å². The summed E-state index contributed by atoms with van der Waals surface area (Å²) in [5.74, 6) is 0.102. The maximum atomic E-state index is 13.1. The van der Waals surface area contributed by atoms with Gasteiger partial charge in [0.2, 0.25) is 11.8 Å². The summed E-state index contributed by atoms with van der Waals surface area (Å²) in [7, 11) is 1.55. The molecule has 1 unspecified atom stereocenters. The molecule has 3 N–H and O–H groups in total. The van der Waals surface area contributed by atoms with E-state index in [0.29, 0.717) is 28.1 Å². The second-order valence-corrected chi connectivity index (χ2v) is 8.35. The van der Waals surface area contributed by atoms with E-state index in [9.17, 15) is 18.8 Å². The number of halogens is 1. The number of ether oxygens (including phenoxy) is 1. The molecular weight excluding hydrogens is 463 g/mol. The van der Waals surface area contributed by atoms with Crippen LogP contribution in [-0.2, 0) is 16.0 Å². The number of thioether (sulfide) groups is 1. The van der Waals surface area contributed by atoms with Gasteiger partial charge in [-0.05, 0) is 36.4 Å². The summed E-state index contributed by atoms with van der Waals surface area (Å²) in [5.41, 5.74) is 1.18. The van der Waals surface area contributed by atoms with Crippen molar-refractivity contribution in [3.8, 4) is 11.4 Å². The standard InChI is InChI=1S/C22H21FN6O4S/c1-33-17-4-2-3-16(11-17)29-18(9-15-10-19(30)26-21(32)25-15)27-28-22(29)34-12-20(31)24-14-7-5-13(23)6-8-14/h2-8,11,15H,9-10,12H2,1H3,(H,24,31)(H2,25,26,30,32). The Bertz CT molecular complexity index is 1200. The van der Waals surface area contributed by atoms with Gasteiger partial charge in [-0.3, -0.25) is 19.5 Å². The third-order valence-corrected chi connectivity index (χ3v) is 5.85. The second kappa shape index (κ2) is 10.3. The maximum Gasteiger partial charge on any atom is 0.321 e. The number of rotatable bonds is 8. The number of hydrogen-bond acceptors (Lipinski definition) is 7. The Morgan fingerprint density at radius 1 is 1.24 bits per heavy atom. The van der Waals surface area contributed by atoms with Crippen LogP contribution in [-0.4, -0.2) is 51.5 Å². The Kier molecular flexibility index (Phi) is 7.07. The molecule has 176 valence electrons. The lowest BCUT2D eigenvalue weighted by molar-refractivity contribution is -0.121. The Morgan fingerprint density at radius 3 is 2.76 bits per heavy atom. The van der Waals surface area contributed by atoms with Crippen molar-refractivity contribution < 1.29 is 23.5 Å². The number of nitrogens with one attached hydrogen (secondary N) is 3. The lowest BCUT2D eigenvalue weighted by Crippen LogP contribution is -2.53. The summed E-state index contributed by atoms with van der Waals surface area (Å²) in [4.78, 5) is 35.9. The summed E-state index contributed by atoms with van der Waals surface area (Å²) < 4.78 is 20.2. The SMILES string of the molecule is COc1cccc(-n2c(CC3CC(=O)NC(=O)N3)nnc2SCC(=O)Nc2ccc(F)cc2)c1. The number of hydrogen-bond donors (Lipinski definition) is 3. The van der Waals surface area contributed by atoms with Gasteiger partial charge >= 0.3 is 6.03 Å². The normalized spacial score (nSPS) is 15.4. The van der Waals surface area contributed by atoms with Gasteiger partial charge in [-0.15, -0.1) is 10.2 Å². The largest absolute Gasteiger partial charge is 0.497 e. The number of anilines is 1. The van der Waals surface area contributed by atoms with Crippen LogP contribution >= 0.6 is 11.8 Å². The highest BCUT2D eigenvalue weighted by Crippen LogP contribution is 2.26. The molecule has 34 heavy (non-hydrogen) atoms. The van der Waals surface area contributed by atoms with Crippen molar-refractivity contribution in [2.24, 2.45) is 0 Å². The van der Waals surface area contributed by atoms with Gasteiger partial charge in [-0.1, -0.05) is 17.8 Å². The fourth-order valence-electron chi connectivity index (χ4n) is 3.41. The molecule has 2 aromatic carbocycles. The van der Waals surface area contributed by atoms with E-state index < -0.39 is 17.9 Å². The summed E-state index contributed by atoms with van der Waals surface area (Å²) in [6.45, 7) is 0. The molecule has 1 saturated heterocycles. The van der Waals surface area contributed by atoms with Crippen LogP contribution in [0, 0.1) is 5.82 Å². The average Bonchev–Trinajstić information content (AvgIpc) is 3.21. The molecule has 4 amide bonds. The Morgan fingerprint density at radius 2 is 2.03 bits per heavy atom. The van der Waals surface area contributed by atoms with Crippen molar-refractivity contribution in [1.29, 1.82) is 0 Å². The summed E-state index contributed by atoms with van der Waals surface area (Å²) in [5, 5.41) is 16.6. The van der Waals surface area contributed by atoms with Gasteiger partial charge in [0.1, 0.15) is 17.4 Å². The van der Waals surface area contributed by atoms with Crippen LogP contribution in [0.2, 0.25) is 0 Å². The average molecular weight is 485 g/mol. The van der Waals surface area contributed by atoms with Crippen molar-refractivity contribution in [2.45, 2.75) is 24.0 Å². The zero-order chi connectivity index (χ0) is 24.1. The molecule has 1 aromatic heterocycles. The number of amides is 4. The third-order valence-electron chi connectivity index (χ3n) is 4.92. The van der Waals surface area contributed by atoms with Crippen LogP contribution in [0.1, 0.15) is 12.2 Å². The molecule has 2 heterocycles. The van der Waals surface area contributed by atoms with E-state index in [0.717, 1.165) is 0 Å². The summed E-state index contributed by atoms with van der Waals surface area (Å²) >= 11 is 1.17. The van der Waals surface area contributed by atoms with Gasteiger partial charge in [-0.2, -0.15) is 0 Å². The van der Waals surface area contributed by atoms with E-state index in [4.69, 9.17) is 4.74 Å². The topological polar surface area (TPSA) is 127 Å². The minimum atomic E-state index is -0.555. The molecule has 12 heteroatoms. The quantitative estimate of drug-likeness (QED) is 0.419. The Labute approximate surface area is 198 Å². The Balaban J connectivity index is 1.55. The fraction of sp³-hybridized carbons (Fsp3) is 0.227. The van der Waals surface area contributed by atoms with Crippen molar-refractivity contribution in [3.63, 3.8) is 0 Å². The number of urea groups is 1. The number of methoxy groups -OCH3 is 1. The highest BCUT2D eigenvalue weighted by atomic mass is 32.2. The minimum Gasteiger partial charge on any atom is -0.497 e. The van der Waals surface area contributed by atoms with Crippen LogP contribution in [0.25, 0.3) is 5.69 Å². The zero-order valence-electron chi connectivity index (χ0n) is 18.1. The first-order chi connectivity index (χ1) is 16.4. The first-order valence-electron chi connectivity index (χ1n) is 10.3. The molecule has 10 nitrogen and oxygen atoms in total. The number of aromatic nitrogens is 3. The van der Waals surface area contributed by atoms with Crippen molar-refractivity contribution >= 4 is 35.3 Å². The Hall–Kier alpha value is -3.93. The molecule has 0 aliphatic carbocycles. The first-order valence-corrected chi connectivity index (χ1v) is 11.3. The number of imide groups is 1. The smallest absolute Gasteiger partial charge is 0.321 e. The number of nitrogens with zero attached hydrogens (tertiary/aromatic N) is 3.